The van der Waals surface area contributed by atoms with Crippen molar-refractivity contribution in [2.75, 3.05) is 30.3 Å². The maximum absolute atomic E-state index is 11.5. The van der Waals surface area contributed by atoms with Crippen molar-refractivity contribution in [3.8, 4) is 0 Å². The highest BCUT2D eigenvalue weighted by molar-refractivity contribution is 7.91. The molecule has 0 saturated carbocycles. The maximum atomic E-state index is 11.5. The number of nitrogens with two attached hydrogens (primary N) is 1. The van der Waals surface area contributed by atoms with Gasteiger partial charge in [0.2, 0.25) is 0 Å². The topological polar surface area (TPSA) is 84.2 Å². The minimum absolute atomic E-state index is 0.248. The van der Waals surface area contributed by atoms with Crippen LogP contribution in [0.3, 0.4) is 0 Å². The first kappa shape index (κ1) is 15.3. The normalized spacial score (nSPS) is 24.9. The van der Waals surface area contributed by atoms with Crippen LogP contribution in [-0.2, 0) is 16.4 Å². The summed E-state index contributed by atoms with van der Waals surface area (Å²) in [7, 11) is -2.84. The lowest BCUT2D eigenvalue weighted by Crippen LogP contribution is -2.46. The van der Waals surface area contributed by atoms with E-state index < -0.39 is 9.84 Å². The Morgan fingerprint density at radius 2 is 1.95 bits per heavy atom. The first-order chi connectivity index (χ1) is 9.39. The smallest absolute Gasteiger partial charge is 0.152 e. The molecular formula is C14H23N3O2S. The third-order valence-electron chi connectivity index (χ3n) is 3.67. The van der Waals surface area contributed by atoms with E-state index in [4.69, 9.17) is 5.73 Å². The molecule has 1 aromatic carbocycles. The zero-order valence-electron chi connectivity index (χ0n) is 11.9. The van der Waals surface area contributed by atoms with Gasteiger partial charge in [-0.25, -0.2) is 8.42 Å². The Hall–Kier alpha value is -1.11. The van der Waals surface area contributed by atoms with Crippen molar-refractivity contribution in [3.63, 3.8) is 0 Å². The van der Waals surface area contributed by atoms with Gasteiger partial charge < -0.3 is 16.4 Å². The molecule has 1 heterocycles. The van der Waals surface area contributed by atoms with Crippen LogP contribution >= 0.6 is 0 Å². The van der Waals surface area contributed by atoms with E-state index >= 15 is 0 Å². The number of rotatable bonds is 6. The van der Waals surface area contributed by atoms with Gasteiger partial charge in [0.1, 0.15) is 0 Å². The molecule has 1 aliphatic heterocycles. The highest BCUT2D eigenvalue weighted by Crippen LogP contribution is 2.22. The largest absolute Gasteiger partial charge is 0.399 e. The summed E-state index contributed by atoms with van der Waals surface area (Å²) in [6, 6.07) is 7.78. The number of nitrogens with one attached hydrogen (secondary N) is 2. The summed E-state index contributed by atoms with van der Waals surface area (Å²) >= 11 is 0. The van der Waals surface area contributed by atoms with Crippen molar-refractivity contribution in [1.29, 1.82) is 0 Å². The number of anilines is 1. The fourth-order valence-electron chi connectivity index (χ4n) is 2.47. The molecule has 6 heteroatoms. The van der Waals surface area contributed by atoms with Crippen molar-refractivity contribution in [2.45, 2.75) is 25.4 Å². The lowest BCUT2D eigenvalue weighted by Gasteiger charge is -2.24. The molecule has 0 aromatic heterocycles. The van der Waals surface area contributed by atoms with E-state index in [0.717, 1.165) is 25.3 Å². The van der Waals surface area contributed by atoms with Crippen LogP contribution in [0.25, 0.3) is 0 Å². The molecule has 0 aliphatic carbocycles. The summed E-state index contributed by atoms with van der Waals surface area (Å²) in [6.07, 6.45) is 0.702. The summed E-state index contributed by atoms with van der Waals surface area (Å²) in [5, 5.41) is 6.68. The van der Waals surface area contributed by atoms with Gasteiger partial charge in [-0.15, -0.1) is 0 Å². The first-order valence-electron chi connectivity index (χ1n) is 6.89. The molecule has 1 aromatic rings. The van der Waals surface area contributed by atoms with E-state index in [2.05, 4.69) is 10.6 Å². The zero-order valence-corrected chi connectivity index (χ0v) is 12.7. The summed E-state index contributed by atoms with van der Waals surface area (Å²) in [6.45, 7) is 4.34. The lowest BCUT2D eigenvalue weighted by molar-refractivity contribution is 0.395. The van der Waals surface area contributed by atoms with Crippen LogP contribution < -0.4 is 16.4 Å². The van der Waals surface area contributed by atoms with Gasteiger partial charge in [0.25, 0.3) is 0 Å². The van der Waals surface area contributed by atoms with Gasteiger partial charge >= 0.3 is 0 Å². The zero-order chi connectivity index (χ0) is 14.6. The van der Waals surface area contributed by atoms with Gasteiger partial charge in [0.15, 0.2) is 9.84 Å². The highest BCUT2D eigenvalue weighted by Gasteiger charge is 2.37. The van der Waals surface area contributed by atoms with Crippen LogP contribution in [0.15, 0.2) is 24.3 Å². The van der Waals surface area contributed by atoms with Crippen molar-refractivity contribution in [2.24, 2.45) is 0 Å². The van der Waals surface area contributed by atoms with Crippen LogP contribution in [-0.4, -0.2) is 38.6 Å². The molecular weight excluding hydrogens is 274 g/mol. The van der Waals surface area contributed by atoms with Crippen LogP contribution in [0.1, 0.15) is 18.9 Å². The van der Waals surface area contributed by atoms with E-state index in [-0.39, 0.29) is 11.3 Å². The first-order valence-corrected chi connectivity index (χ1v) is 8.71. The molecule has 112 valence electrons. The summed E-state index contributed by atoms with van der Waals surface area (Å²) in [4.78, 5) is 0. The molecule has 0 bridgehead atoms. The average molecular weight is 297 g/mol. The molecule has 0 unspecified atom stereocenters. The molecule has 0 spiro atoms. The van der Waals surface area contributed by atoms with E-state index in [9.17, 15) is 8.42 Å². The number of benzene rings is 1. The monoisotopic (exact) mass is 297 g/mol. The molecule has 20 heavy (non-hydrogen) atoms. The van der Waals surface area contributed by atoms with Gasteiger partial charge in [0, 0.05) is 30.9 Å². The summed E-state index contributed by atoms with van der Waals surface area (Å²) in [5.41, 5.74) is 7.33. The second-order valence-corrected chi connectivity index (χ2v) is 7.93. The van der Waals surface area contributed by atoms with E-state index in [1.807, 2.05) is 31.2 Å². The molecule has 1 fully saturated rings. The van der Waals surface area contributed by atoms with Crippen LogP contribution in [0.5, 0.6) is 0 Å². The fourth-order valence-corrected chi connectivity index (χ4v) is 4.59. The summed E-state index contributed by atoms with van der Waals surface area (Å²) in [5.74, 6) is 0.549. The highest BCUT2D eigenvalue weighted by atomic mass is 32.2. The van der Waals surface area contributed by atoms with Crippen LogP contribution in [0, 0.1) is 0 Å². The minimum Gasteiger partial charge on any atom is -0.399 e. The van der Waals surface area contributed by atoms with Crippen LogP contribution in [0.2, 0.25) is 0 Å². The third kappa shape index (κ3) is 4.47. The number of sulfone groups is 1. The second-order valence-electron chi connectivity index (χ2n) is 5.75. The molecule has 5 nitrogen and oxygen atoms in total. The van der Waals surface area contributed by atoms with Gasteiger partial charge in [-0.1, -0.05) is 12.1 Å². The SMILES string of the molecule is C[C@]1(NCCNCc2ccc(N)cc2)CCS(=O)(=O)C1. The van der Waals surface area contributed by atoms with Crippen LogP contribution in [0.4, 0.5) is 5.69 Å². The van der Waals surface area contributed by atoms with E-state index in [0.29, 0.717) is 12.2 Å². The van der Waals surface area contributed by atoms with Gasteiger partial charge in [0.05, 0.1) is 11.5 Å². The lowest BCUT2D eigenvalue weighted by atomic mass is 10.0. The van der Waals surface area contributed by atoms with Crippen molar-refractivity contribution in [3.05, 3.63) is 29.8 Å². The van der Waals surface area contributed by atoms with Gasteiger partial charge in [-0.05, 0) is 31.0 Å². The Balaban J connectivity index is 1.66. The Morgan fingerprint density at radius 3 is 2.55 bits per heavy atom. The predicted octanol–water partition coefficient (Wildman–Crippen LogP) is 0.525. The maximum Gasteiger partial charge on any atom is 0.152 e. The molecule has 1 saturated heterocycles. The minimum atomic E-state index is -2.84. The van der Waals surface area contributed by atoms with Gasteiger partial charge in [-0.2, -0.15) is 0 Å². The predicted molar refractivity (Wildman–Crippen MR) is 82.2 cm³/mol. The Bertz CT molecular complexity index is 542. The van der Waals surface area contributed by atoms with Crippen molar-refractivity contribution >= 4 is 15.5 Å². The Morgan fingerprint density at radius 1 is 1.25 bits per heavy atom. The van der Waals surface area contributed by atoms with E-state index in [1.54, 1.807) is 0 Å². The second kappa shape index (κ2) is 6.11. The number of hydrogen-bond donors (Lipinski definition) is 3. The third-order valence-corrected chi connectivity index (χ3v) is 5.57. The molecule has 0 radical (unpaired) electrons. The fraction of sp³-hybridized carbons (Fsp3) is 0.571. The van der Waals surface area contributed by atoms with Crippen molar-refractivity contribution in [1.82, 2.24) is 10.6 Å². The standard InChI is InChI=1S/C14H23N3O2S/c1-14(6-9-20(18,19)11-14)17-8-7-16-10-12-2-4-13(15)5-3-12/h2-5,16-17H,6-11,15H2,1H3/t14-/m0/s1. The molecule has 2 rings (SSSR count). The molecule has 4 N–H and O–H groups in total. The molecule has 1 atom stereocenters. The molecule has 1 aliphatic rings. The number of nitrogen functional groups attached to an aromatic ring is 1. The number of hydrogen-bond acceptors (Lipinski definition) is 5. The Kier molecular flexibility index (Phi) is 4.67. The quantitative estimate of drug-likeness (QED) is 0.527. The average Bonchev–Trinajstić information content (AvgIpc) is 2.66. The van der Waals surface area contributed by atoms with E-state index in [1.165, 1.54) is 5.56 Å². The molecule has 0 amide bonds. The van der Waals surface area contributed by atoms with Crippen molar-refractivity contribution < 1.29 is 8.42 Å². The Labute approximate surface area is 120 Å². The van der Waals surface area contributed by atoms with Gasteiger partial charge in [-0.3, -0.25) is 0 Å². The summed E-state index contributed by atoms with van der Waals surface area (Å²) < 4.78 is 23.0.